The normalized spacial score (nSPS) is 13.1. The monoisotopic (exact) mass is 258 g/mol. The molecule has 18 heavy (non-hydrogen) atoms. The quantitative estimate of drug-likeness (QED) is 0.764. The zero-order valence-electron chi connectivity index (χ0n) is 10.3. The number of rotatable bonds is 2. The van der Waals surface area contributed by atoms with Crippen molar-refractivity contribution in [2.24, 2.45) is 5.73 Å². The van der Waals surface area contributed by atoms with Gasteiger partial charge in [0, 0.05) is 10.8 Å². The van der Waals surface area contributed by atoms with E-state index in [1.165, 1.54) is 0 Å². The van der Waals surface area contributed by atoms with E-state index in [-0.39, 0.29) is 6.04 Å². The van der Waals surface area contributed by atoms with E-state index < -0.39 is 0 Å². The molecule has 3 nitrogen and oxygen atoms in total. The van der Waals surface area contributed by atoms with Gasteiger partial charge in [0.05, 0.1) is 10.7 Å². The first kappa shape index (κ1) is 11.4. The van der Waals surface area contributed by atoms with Crippen molar-refractivity contribution in [1.82, 2.24) is 4.98 Å². The van der Waals surface area contributed by atoms with Crippen LogP contribution in [0.3, 0.4) is 0 Å². The number of aromatic nitrogens is 1. The second-order valence-electron chi connectivity index (χ2n) is 4.41. The van der Waals surface area contributed by atoms with Gasteiger partial charge in [0.15, 0.2) is 0 Å². The Morgan fingerprint density at radius 2 is 2.17 bits per heavy atom. The minimum atomic E-state index is -0.290. The topological polar surface area (TPSA) is 52.0 Å². The predicted molar refractivity (Wildman–Crippen MR) is 73.8 cm³/mol. The fourth-order valence-electron chi connectivity index (χ4n) is 2.05. The van der Waals surface area contributed by atoms with Gasteiger partial charge >= 0.3 is 0 Å². The molecule has 0 aliphatic rings. The Morgan fingerprint density at radius 3 is 2.83 bits per heavy atom. The van der Waals surface area contributed by atoms with E-state index in [2.05, 4.69) is 4.98 Å². The van der Waals surface area contributed by atoms with Crippen molar-refractivity contribution < 1.29 is 4.42 Å². The molecule has 0 spiro atoms. The van der Waals surface area contributed by atoms with Gasteiger partial charge in [-0.25, -0.2) is 4.98 Å². The van der Waals surface area contributed by atoms with Gasteiger partial charge in [-0.3, -0.25) is 0 Å². The highest BCUT2D eigenvalue weighted by molar-refractivity contribution is 7.09. The highest BCUT2D eigenvalue weighted by atomic mass is 32.1. The maximum atomic E-state index is 6.19. The third-order valence-corrected chi connectivity index (χ3v) is 3.81. The highest BCUT2D eigenvalue weighted by Crippen LogP contribution is 2.28. The van der Waals surface area contributed by atoms with Crippen LogP contribution in [0.15, 0.2) is 34.1 Å². The van der Waals surface area contributed by atoms with Crippen molar-refractivity contribution in [1.29, 1.82) is 0 Å². The molecule has 2 N–H and O–H groups in total. The fraction of sp³-hybridized carbons (Fsp3) is 0.214. The van der Waals surface area contributed by atoms with E-state index in [1.54, 1.807) is 11.3 Å². The largest absolute Gasteiger partial charge is 0.459 e. The van der Waals surface area contributed by atoms with Crippen molar-refractivity contribution in [3.63, 3.8) is 0 Å². The Morgan fingerprint density at radius 1 is 1.33 bits per heavy atom. The van der Waals surface area contributed by atoms with E-state index in [4.69, 9.17) is 10.2 Å². The molecular formula is C14H14N2OS. The summed E-state index contributed by atoms with van der Waals surface area (Å²) >= 11 is 1.60. The summed E-state index contributed by atoms with van der Waals surface area (Å²) in [5, 5.41) is 4.10. The maximum absolute atomic E-state index is 6.19. The van der Waals surface area contributed by atoms with Crippen molar-refractivity contribution in [3.8, 4) is 0 Å². The van der Waals surface area contributed by atoms with Crippen LogP contribution in [0.1, 0.15) is 28.1 Å². The number of hydrogen-bond acceptors (Lipinski definition) is 4. The van der Waals surface area contributed by atoms with E-state index >= 15 is 0 Å². The predicted octanol–water partition coefficient (Wildman–Crippen LogP) is 3.55. The number of thiazole rings is 1. The summed E-state index contributed by atoms with van der Waals surface area (Å²) in [5.41, 5.74) is 9.10. The van der Waals surface area contributed by atoms with Crippen LogP contribution >= 0.6 is 11.3 Å². The zero-order chi connectivity index (χ0) is 12.7. The second-order valence-corrected chi connectivity index (χ2v) is 5.47. The lowest BCUT2D eigenvalue weighted by Gasteiger charge is -2.04. The van der Waals surface area contributed by atoms with Gasteiger partial charge in [-0.2, -0.15) is 0 Å². The smallest absolute Gasteiger partial charge is 0.137 e. The van der Waals surface area contributed by atoms with Gasteiger partial charge in [-0.1, -0.05) is 18.2 Å². The summed E-state index contributed by atoms with van der Waals surface area (Å²) in [6.45, 7) is 4.01. The Kier molecular flexibility index (Phi) is 2.69. The summed E-state index contributed by atoms with van der Waals surface area (Å²) < 4.78 is 5.86. The number of hydrogen-bond donors (Lipinski definition) is 1. The fourth-order valence-corrected chi connectivity index (χ4v) is 2.70. The van der Waals surface area contributed by atoms with Crippen LogP contribution in [0.4, 0.5) is 0 Å². The first-order valence-corrected chi connectivity index (χ1v) is 6.70. The molecule has 0 radical (unpaired) electrons. The Labute approximate surface area is 109 Å². The average molecular weight is 258 g/mol. The molecule has 92 valence electrons. The Balaban J connectivity index is 2.06. The maximum Gasteiger partial charge on any atom is 0.137 e. The molecule has 0 amide bonds. The molecule has 0 fully saturated rings. The van der Waals surface area contributed by atoms with Crippen LogP contribution in [-0.4, -0.2) is 4.98 Å². The zero-order valence-corrected chi connectivity index (χ0v) is 11.1. The molecule has 0 aliphatic carbocycles. The Hall–Kier alpha value is -1.65. The van der Waals surface area contributed by atoms with Gasteiger partial charge in [0.1, 0.15) is 17.4 Å². The second kappa shape index (κ2) is 4.23. The van der Waals surface area contributed by atoms with Crippen molar-refractivity contribution in [2.75, 3.05) is 0 Å². The van der Waals surface area contributed by atoms with Crippen molar-refractivity contribution >= 4 is 22.3 Å². The molecule has 0 saturated heterocycles. The summed E-state index contributed by atoms with van der Waals surface area (Å²) in [7, 11) is 0. The van der Waals surface area contributed by atoms with E-state index in [0.29, 0.717) is 0 Å². The summed E-state index contributed by atoms with van der Waals surface area (Å²) in [6, 6.07) is 7.81. The molecule has 3 rings (SSSR count). The van der Waals surface area contributed by atoms with E-state index in [9.17, 15) is 0 Å². The molecule has 0 bridgehead atoms. The highest BCUT2D eigenvalue weighted by Gasteiger charge is 2.17. The van der Waals surface area contributed by atoms with Gasteiger partial charge < -0.3 is 10.2 Å². The van der Waals surface area contributed by atoms with Gasteiger partial charge in [0.2, 0.25) is 0 Å². The third kappa shape index (κ3) is 1.83. The summed E-state index contributed by atoms with van der Waals surface area (Å²) in [4.78, 5) is 4.41. The van der Waals surface area contributed by atoms with Crippen LogP contribution in [0.5, 0.6) is 0 Å². The Bertz CT molecular complexity index is 699. The standard InChI is InChI=1S/C14H14N2OS/c1-8-4-3-5-10-6-12(17-14(8)10)13(15)11-7-18-9(2)16-11/h3-7,13H,15H2,1-2H3. The lowest BCUT2D eigenvalue weighted by molar-refractivity contribution is 0.520. The van der Waals surface area contributed by atoms with Crippen molar-refractivity contribution in [3.05, 3.63) is 51.7 Å². The minimum absolute atomic E-state index is 0.290. The molecule has 0 saturated carbocycles. The van der Waals surface area contributed by atoms with Crippen molar-refractivity contribution in [2.45, 2.75) is 19.9 Å². The van der Waals surface area contributed by atoms with Crippen LogP contribution in [0.2, 0.25) is 0 Å². The molecule has 1 atom stereocenters. The van der Waals surface area contributed by atoms with Gasteiger partial charge in [-0.05, 0) is 25.5 Å². The van der Waals surface area contributed by atoms with Crippen LogP contribution in [0.25, 0.3) is 11.0 Å². The van der Waals surface area contributed by atoms with E-state index in [0.717, 1.165) is 33.0 Å². The number of benzene rings is 1. The number of nitrogens with zero attached hydrogens (tertiary/aromatic N) is 1. The molecular weight excluding hydrogens is 244 g/mol. The minimum Gasteiger partial charge on any atom is -0.459 e. The van der Waals surface area contributed by atoms with E-state index in [1.807, 2.05) is 43.5 Å². The summed E-state index contributed by atoms with van der Waals surface area (Å²) in [6.07, 6.45) is 0. The molecule has 1 aromatic carbocycles. The first-order chi connectivity index (χ1) is 8.65. The molecule has 2 heterocycles. The molecule has 1 unspecified atom stereocenters. The lowest BCUT2D eigenvalue weighted by Crippen LogP contribution is -2.11. The van der Waals surface area contributed by atoms with Gasteiger partial charge in [0.25, 0.3) is 0 Å². The summed E-state index contributed by atoms with van der Waals surface area (Å²) in [5.74, 6) is 0.768. The third-order valence-electron chi connectivity index (χ3n) is 3.02. The number of nitrogens with two attached hydrogens (primary N) is 1. The molecule has 2 aromatic heterocycles. The number of para-hydroxylation sites is 1. The first-order valence-electron chi connectivity index (χ1n) is 5.82. The SMILES string of the molecule is Cc1nc(C(N)c2cc3cccc(C)c3o2)cs1. The lowest BCUT2D eigenvalue weighted by atomic mass is 10.1. The number of aryl methyl sites for hydroxylation is 2. The molecule has 4 heteroatoms. The molecule has 0 aliphatic heterocycles. The number of fused-ring (bicyclic) bond motifs is 1. The average Bonchev–Trinajstić information content (AvgIpc) is 2.95. The number of furan rings is 1. The van der Waals surface area contributed by atoms with Crippen LogP contribution < -0.4 is 5.73 Å². The van der Waals surface area contributed by atoms with Gasteiger partial charge in [-0.15, -0.1) is 11.3 Å². The molecule has 3 aromatic rings. The van der Waals surface area contributed by atoms with Crippen LogP contribution in [-0.2, 0) is 0 Å². The van der Waals surface area contributed by atoms with Crippen LogP contribution in [0, 0.1) is 13.8 Å².